The number of hydrogen-bond donors (Lipinski definition) is 1. The third-order valence-electron chi connectivity index (χ3n) is 5.52. The molecule has 1 aliphatic carbocycles. The number of nitrogens with zero attached hydrogens (tertiary/aromatic N) is 3. The zero-order valence-electron chi connectivity index (χ0n) is 15.9. The maximum atomic E-state index is 12.8. The van der Waals surface area contributed by atoms with E-state index in [9.17, 15) is 14.7 Å². The number of amides is 1. The van der Waals surface area contributed by atoms with E-state index in [1.54, 1.807) is 18.3 Å². The molecular formula is C22H22ClN3O3. The minimum Gasteiger partial charge on any atom is -0.479 e. The van der Waals surface area contributed by atoms with Gasteiger partial charge in [0.05, 0.1) is 10.6 Å². The predicted octanol–water partition coefficient (Wildman–Crippen LogP) is 3.34. The van der Waals surface area contributed by atoms with E-state index in [-0.39, 0.29) is 5.91 Å². The first kappa shape index (κ1) is 19.5. The van der Waals surface area contributed by atoms with Gasteiger partial charge < -0.3 is 14.9 Å². The molecule has 1 heterocycles. The molecule has 1 N–H and O–H groups in total. The molecule has 150 valence electrons. The van der Waals surface area contributed by atoms with E-state index in [0.29, 0.717) is 49.6 Å². The number of aliphatic carboxylic acids is 1. The third kappa shape index (κ3) is 3.98. The van der Waals surface area contributed by atoms with Gasteiger partial charge in [0.2, 0.25) is 0 Å². The fraction of sp³-hybridized carbons (Fsp3) is 0.318. The first-order valence-corrected chi connectivity index (χ1v) is 10.0. The Balaban J connectivity index is 1.45. The van der Waals surface area contributed by atoms with Crippen LogP contribution in [0.3, 0.4) is 0 Å². The number of hydrogen-bond acceptors (Lipinski definition) is 4. The molecule has 4 rings (SSSR count). The highest BCUT2D eigenvalue weighted by Gasteiger charge is 2.50. The summed E-state index contributed by atoms with van der Waals surface area (Å²) in [6.45, 7) is 2.55. The Morgan fingerprint density at radius 1 is 1.00 bits per heavy atom. The van der Waals surface area contributed by atoms with Crippen molar-refractivity contribution < 1.29 is 14.7 Å². The number of piperazine rings is 1. The SMILES string of the molecule is O=C(c1ccccc1Cl)N1CCN(c2ccccc2C=NC2(C(=O)O)CC2)CC1. The van der Waals surface area contributed by atoms with E-state index in [2.05, 4.69) is 9.89 Å². The summed E-state index contributed by atoms with van der Waals surface area (Å²) in [5.41, 5.74) is 1.49. The van der Waals surface area contributed by atoms with Gasteiger partial charge >= 0.3 is 5.97 Å². The Hall–Kier alpha value is -2.86. The monoisotopic (exact) mass is 411 g/mol. The Morgan fingerprint density at radius 2 is 1.66 bits per heavy atom. The number of carboxylic acid groups (broad SMARTS) is 1. The number of benzene rings is 2. The van der Waals surface area contributed by atoms with Crippen LogP contribution in [0.4, 0.5) is 5.69 Å². The standard InChI is InChI=1S/C22H22ClN3O3/c23-18-7-3-2-6-17(18)20(27)26-13-11-25(12-14-26)19-8-4-1-5-16(19)15-24-22(9-10-22)21(28)29/h1-8,15H,9-14H2,(H,28,29). The lowest BCUT2D eigenvalue weighted by Gasteiger charge is -2.37. The fourth-order valence-electron chi connectivity index (χ4n) is 3.55. The lowest BCUT2D eigenvalue weighted by atomic mass is 10.1. The summed E-state index contributed by atoms with van der Waals surface area (Å²) in [5.74, 6) is -0.917. The van der Waals surface area contributed by atoms with E-state index < -0.39 is 11.5 Å². The molecular weight excluding hydrogens is 390 g/mol. The zero-order chi connectivity index (χ0) is 20.4. The van der Waals surface area contributed by atoms with Crippen LogP contribution >= 0.6 is 11.6 Å². The van der Waals surface area contributed by atoms with Crippen LogP contribution in [0.5, 0.6) is 0 Å². The lowest BCUT2D eigenvalue weighted by molar-refractivity contribution is -0.139. The van der Waals surface area contributed by atoms with Gasteiger partial charge in [-0.05, 0) is 31.0 Å². The number of aliphatic imine (C=N–C) groups is 1. The number of halogens is 1. The molecule has 7 heteroatoms. The maximum Gasteiger partial charge on any atom is 0.331 e. The molecule has 0 unspecified atom stereocenters. The van der Waals surface area contributed by atoms with Crippen molar-refractivity contribution in [3.63, 3.8) is 0 Å². The Kier molecular flexibility index (Phi) is 5.28. The van der Waals surface area contributed by atoms with Crippen LogP contribution in [0.15, 0.2) is 53.5 Å². The second-order valence-electron chi connectivity index (χ2n) is 7.41. The van der Waals surface area contributed by atoms with Crippen molar-refractivity contribution >= 4 is 35.4 Å². The molecule has 0 radical (unpaired) electrons. The number of anilines is 1. The summed E-state index contributed by atoms with van der Waals surface area (Å²) in [5, 5.41) is 9.79. The molecule has 1 amide bonds. The van der Waals surface area contributed by atoms with Gasteiger partial charge in [-0.15, -0.1) is 0 Å². The van der Waals surface area contributed by atoms with Gasteiger partial charge in [-0.1, -0.05) is 41.9 Å². The molecule has 0 atom stereocenters. The van der Waals surface area contributed by atoms with Crippen LogP contribution in [-0.4, -0.2) is 59.8 Å². The molecule has 2 aliphatic rings. The average Bonchev–Trinajstić information content (AvgIpc) is 3.54. The van der Waals surface area contributed by atoms with Crippen molar-refractivity contribution in [3.05, 3.63) is 64.7 Å². The van der Waals surface area contributed by atoms with Gasteiger partial charge in [-0.25, -0.2) is 4.79 Å². The predicted molar refractivity (Wildman–Crippen MR) is 113 cm³/mol. The van der Waals surface area contributed by atoms with Crippen molar-refractivity contribution in [1.82, 2.24) is 4.90 Å². The van der Waals surface area contributed by atoms with E-state index in [4.69, 9.17) is 11.6 Å². The van der Waals surface area contributed by atoms with Crippen LogP contribution < -0.4 is 4.90 Å². The number of carbonyl (C=O) groups excluding carboxylic acids is 1. The largest absolute Gasteiger partial charge is 0.479 e. The summed E-state index contributed by atoms with van der Waals surface area (Å²) in [4.78, 5) is 32.5. The summed E-state index contributed by atoms with van der Waals surface area (Å²) in [6.07, 6.45) is 2.85. The minimum atomic E-state index is -0.937. The molecule has 2 aromatic carbocycles. The zero-order valence-corrected chi connectivity index (χ0v) is 16.7. The Labute approximate surface area is 174 Å². The smallest absolute Gasteiger partial charge is 0.331 e. The first-order valence-electron chi connectivity index (χ1n) is 9.67. The van der Waals surface area contributed by atoms with Gasteiger partial charge in [-0.3, -0.25) is 9.79 Å². The van der Waals surface area contributed by atoms with E-state index in [0.717, 1.165) is 11.3 Å². The normalized spacial score (nSPS) is 18.1. The second kappa shape index (κ2) is 7.87. The molecule has 1 aliphatic heterocycles. The van der Waals surface area contributed by atoms with Crippen LogP contribution in [0.1, 0.15) is 28.8 Å². The average molecular weight is 412 g/mol. The molecule has 1 saturated heterocycles. The van der Waals surface area contributed by atoms with E-state index in [1.165, 1.54) is 0 Å². The number of rotatable bonds is 5. The summed E-state index contributed by atoms with van der Waals surface area (Å²) < 4.78 is 0. The van der Waals surface area contributed by atoms with Crippen molar-refractivity contribution in [3.8, 4) is 0 Å². The highest BCUT2D eigenvalue weighted by Crippen LogP contribution is 2.40. The molecule has 1 saturated carbocycles. The van der Waals surface area contributed by atoms with Gasteiger partial charge in [0, 0.05) is 43.6 Å². The molecule has 0 bridgehead atoms. The van der Waals surface area contributed by atoms with Crippen LogP contribution in [0.25, 0.3) is 0 Å². The van der Waals surface area contributed by atoms with Crippen LogP contribution in [-0.2, 0) is 4.79 Å². The quantitative estimate of drug-likeness (QED) is 0.766. The van der Waals surface area contributed by atoms with Crippen molar-refractivity contribution in [2.75, 3.05) is 31.1 Å². The number of para-hydroxylation sites is 1. The van der Waals surface area contributed by atoms with E-state index in [1.807, 2.05) is 41.3 Å². The Morgan fingerprint density at radius 3 is 2.31 bits per heavy atom. The van der Waals surface area contributed by atoms with Gasteiger partial charge in [0.25, 0.3) is 5.91 Å². The molecule has 6 nitrogen and oxygen atoms in total. The summed E-state index contributed by atoms with van der Waals surface area (Å²) in [7, 11) is 0. The summed E-state index contributed by atoms with van der Waals surface area (Å²) >= 11 is 6.17. The van der Waals surface area contributed by atoms with E-state index >= 15 is 0 Å². The van der Waals surface area contributed by atoms with Crippen molar-refractivity contribution in [1.29, 1.82) is 0 Å². The third-order valence-corrected chi connectivity index (χ3v) is 5.85. The fourth-order valence-corrected chi connectivity index (χ4v) is 3.77. The van der Waals surface area contributed by atoms with Gasteiger partial charge in [-0.2, -0.15) is 0 Å². The highest BCUT2D eigenvalue weighted by molar-refractivity contribution is 6.33. The first-order chi connectivity index (χ1) is 14.0. The number of carboxylic acids is 1. The maximum absolute atomic E-state index is 12.8. The van der Waals surface area contributed by atoms with Gasteiger partial charge in [0.15, 0.2) is 5.54 Å². The lowest BCUT2D eigenvalue weighted by Crippen LogP contribution is -2.49. The van der Waals surface area contributed by atoms with Crippen molar-refractivity contribution in [2.24, 2.45) is 4.99 Å². The topological polar surface area (TPSA) is 73.2 Å². The highest BCUT2D eigenvalue weighted by atomic mass is 35.5. The van der Waals surface area contributed by atoms with Crippen molar-refractivity contribution in [2.45, 2.75) is 18.4 Å². The van der Waals surface area contributed by atoms with Gasteiger partial charge in [0.1, 0.15) is 0 Å². The number of carbonyl (C=O) groups is 2. The molecule has 0 spiro atoms. The minimum absolute atomic E-state index is 0.0535. The van der Waals surface area contributed by atoms with Crippen LogP contribution in [0.2, 0.25) is 5.02 Å². The molecule has 0 aromatic heterocycles. The molecule has 2 fully saturated rings. The van der Waals surface area contributed by atoms with Crippen LogP contribution in [0, 0.1) is 0 Å². The molecule has 29 heavy (non-hydrogen) atoms. The summed E-state index contributed by atoms with van der Waals surface area (Å²) in [6, 6.07) is 14.9. The molecule has 2 aromatic rings. The Bertz CT molecular complexity index is 963. The second-order valence-corrected chi connectivity index (χ2v) is 7.82.